The van der Waals surface area contributed by atoms with Gasteiger partial charge in [0, 0.05) is 12.6 Å². The maximum absolute atomic E-state index is 12.4. The molecule has 3 fully saturated rings. The molecule has 0 radical (unpaired) electrons. The number of rotatable bonds is 1. The minimum absolute atomic E-state index is 0.144. The van der Waals surface area contributed by atoms with Crippen molar-refractivity contribution in [2.45, 2.75) is 57.7 Å². The summed E-state index contributed by atoms with van der Waals surface area (Å²) >= 11 is 0. The summed E-state index contributed by atoms with van der Waals surface area (Å²) in [5, 5.41) is 0. The molecule has 2 heterocycles. The Balaban J connectivity index is 1.83. The van der Waals surface area contributed by atoms with Crippen molar-refractivity contribution >= 4 is 11.8 Å². The van der Waals surface area contributed by atoms with Gasteiger partial charge in [0.25, 0.3) is 0 Å². The molecule has 0 N–H and O–H groups in total. The van der Waals surface area contributed by atoms with Crippen LogP contribution in [0.3, 0.4) is 0 Å². The Hall–Kier alpha value is -1.06. The van der Waals surface area contributed by atoms with Crippen molar-refractivity contribution in [2.24, 2.45) is 5.92 Å². The summed E-state index contributed by atoms with van der Waals surface area (Å²) in [6.07, 6.45) is 3.96. The molecule has 94 valence electrons. The van der Waals surface area contributed by atoms with Gasteiger partial charge in [-0.1, -0.05) is 6.92 Å². The summed E-state index contributed by atoms with van der Waals surface area (Å²) in [6.45, 7) is 4.87. The lowest BCUT2D eigenvalue weighted by molar-refractivity contribution is -0.164. The fourth-order valence-electron chi connectivity index (χ4n) is 3.59. The van der Waals surface area contributed by atoms with Gasteiger partial charge in [-0.3, -0.25) is 9.59 Å². The van der Waals surface area contributed by atoms with E-state index in [1.165, 1.54) is 0 Å². The van der Waals surface area contributed by atoms with Crippen molar-refractivity contribution in [3.05, 3.63) is 0 Å². The van der Waals surface area contributed by atoms with Crippen LogP contribution in [0.1, 0.15) is 39.5 Å². The molecule has 3 aliphatic rings. The number of carbonyl (C=O) groups is 2. The molecule has 3 rings (SSSR count). The van der Waals surface area contributed by atoms with E-state index in [0.29, 0.717) is 12.0 Å². The standard InChI is InChI=1S/C13H20N2O2/c1-8-6-10(7-8)15-9(2)12(16)14-5-3-4-11(14)13(15)17/h8-11H,3-7H2,1-2H3. The molecule has 2 saturated heterocycles. The Bertz CT molecular complexity index is 362. The third kappa shape index (κ3) is 1.49. The quantitative estimate of drug-likeness (QED) is 0.681. The first-order valence-corrected chi connectivity index (χ1v) is 6.72. The maximum Gasteiger partial charge on any atom is 0.246 e. The lowest BCUT2D eigenvalue weighted by Gasteiger charge is -2.49. The lowest BCUT2D eigenvalue weighted by atomic mass is 9.79. The van der Waals surface area contributed by atoms with E-state index in [0.717, 1.165) is 32.2 Å². The zero-order valence-electron chi connectivity index (χ0n) is 10.6. The van der Waals surface area contributed by atoms with Crippen LogP contribution < -0.4 is 0 Å². The molecular weight excluding hydrogens is 216 g/mol. The Morgan fingerprint density at radius 3 is 2.47 bits per heavy atom. The van der Waals surface area contributed by atoms with E-state index in [2.05, 4.69) is 6.92 Å². The predicted molar refractivity (Wildman–Crippen MR) is 63.2 cm³/mol. The van der Waals surface area contributed by atoms with Crippen LogP contribution in [0.4, 0.5) is 0 Å². The van der Waals surface area contributed by atoms with Crippen LogP contribution in [0.25, 0.3) is 0 Å². The van der Waals surface area contributed by atoms with Gasteiger partial charge in [0.05, 0.1) is 0 Å². The molecule has 2 unspecified atom stereocenters. The zero-order chi connectivity index (χ0) is 12.2. The van der Waals surface area contributed by atoms with Gasteiger partial charge < -0.3 is 9.80 Å². The van der Waals surface area contributed by atoms with Crippen molar-refractivity contribution in [3.63, 3.8) is 0 Å². The van der Waals surface area contributed by atoms with Gasteiger partial charge in [-0.2, -0.15) is 0 Å². The summed E-state index contributed by atoms with van der Waals surface area (Å²) in [6, 6.07) is -0.0665. The molecule has 4 heteroatoms. The normalized spacial score (nSPS) is 41.5. The van der Waals surface area contributed by atoms with Crippen LogP contribution in [0.2, 0.25) is 0 Å². The van der Waals surface area contributed by atoms with Crippen LogP contribution >= 0.6 is 0 Å². The molecule has 0 bridgehead atoms. The average molecular weight is 236 g/mol. The first-order chi connectivity index (χ1) is 8.09. The minimum Gasteiger partial charge on any atom is -0.329 e. The fourth-order valence-corrected chi connectivity index (χ4v) is 3.59. The molecule has 4 nitrogen and oxygen atoms in total. The highest BCUT2D eigenvalue weighted by molar-refractivity contribution is 5.97. The molecule has 0 aromatic carbocycles. The smallest absolute Gasteiger partial charge is 0.246 e. The van der Waals surface area contributed by atoms with E-state index >= 15 is 0 Å². The third-order valence-electron chi connectivity index (χ3n) is 4.59. The summed E-state index contributed by atoms with van der Waals surface area (Å²) < 4.78 is 0. The van der Waals surface area contributed by atoms with Gasteiger partial charge in [-0.25, -0.2) is 0 Å². The molecule has 1 saturated carbocycles. The van der Waals surface area contributed by atoms with Crippen LogP contribution in [0, 0.1) is 5.92 Å². The average Bonchev–Trinajstić information content (AvgIpc) is 2.73. The van der Waals surface area contributed by atoms with Crippen molar-refractivity contribution in [1.29, 1.82) is 0 Å². The van der Waals surface area contributed by atoms with E-state index < -0.39 is 0 Å². The van der Waals surface area contributed by atoms with Crippen LogP contribution in [-0.4, -0.2) is 46.3 Å². The van der Waals surface area contributed by atoms with Crippen LogP contribution in [0.5, 0.6) is 0 Å². The zero-order valence-corrected chi connectivity index (χ0v) is 10.6. The van der Waals surface area contributed by atoms with Gasteiger partial charge in [0.15, 0.2) is 0 Å². The van der Waals surface area contributed by atoms with Crippen molar-refractivity contribution < 1.29 is 9.59 Å². The number of amides is 2. The molecule has 1 aliphatic carbocycles. The molecule has 0 spiro atoms. The SMILES string of the molecule is CC1CC(N2C(=O)C3CCCN3C(=O)C2C)C1. The van der Waals surface area contributed by atoms with Gasteiger partial charge >= 0.3 is 0 Å². The second-order valence-electron chi connectivity index (χ2n) is 5.84. The second-order valence-corrected chi connectivity index (χ2v) is 5.84. The van der Waals surface area contributed by atoms with Crippen molar-refractivity contribution in [1.82, 2.24) is 9.80 Å². The summed E-state index contributed by atoms with van der Waals surface area (Å²) in [5.41, 5.74) is 0. The molecule has 2 amide bonds. The van der Waals surface area contributed by atoms with E-state index in [9.17, 15) is 9.59 Å². The summed E-state index contributed by atoms with van der Waals surface area (Å²) in [5.74, 6) is 1.06. The van der Waals surface area contributed by atoms with Crippen LogP contribution in [-0.2, 0) is 9.59 Å². The molecule has 0 aromatic rings. The Labute approximate surface area is 102 Å². The van der Waals surface area contributed by atoms with Gasteiger partial charge in [0.2, 0.25) is 11.8 Å². The summed E-state index contributed by atoms with van der Waals surface area (Å²) in [4.78, 5) is 28.3. The topological polar surface area (TPSA) is 40.6 Å². The highest BCUT2D eigenvalue weighted by Gasteiger charge is 2.49. The van der Waals surface area contributed by atoms with Crippen molar-refractivity contribution in [2.75, 3.05) is 6.54 Å². The van der Waals surface area contributed by atoms with E-state index in [1.54, 1.807) is 4.90 Å². The molecule has 17 heavy (non-hydrogen) atoms. The Morgan fingerprint density at radius 1 is 1.12 bits per heavy atom. The predicted octanol–water partition coefficient (Wildman–Crippen LogP) is 1.01. The van der Waals surface area contributed by atoms with Gasteiger partial charge in [0.1, 0.15) is 12.1 Å². The number of piperazine rings is 1. The molecular formula is C13H20N2O2. The lowest BCUT2D eigenvalue weighted by Crippen LogP contribution is -2.66. The van der Waals surface area contributed by atoms with E-state index in [-0.39, 0.29) is 23.9 Å². The first-order valence-electron chi connectivity index (χ1n) is 6.72. The van der Waals surface area contributed by atoms with E-state index in [1.807, 2.05) is 11.8 Å². The van der Waals surface area contributed by atoms with Crippen molar-refractivity contribution in [3.8, 4) is 0 Å². The number of fused-ring (bicyclic) bond motifs is 1. The van der Waals surface area contributed by atoms with Gasteiger partial charge in [-0.05, 0) is 38.5 Å². The monoisotopic (exact) mass is 236 g/mol. The number of hydrogen-bond acceptors (Lipinski definition) is 2. The van der Waals surface area contributed by atoms with Crippen LogP contribution in [0.15, 0.2) is 0 Å². The Morgan fingerprint density at radius 2 is 1.82 bits per heavy atom. The number of nitrogens with zero attached hydrogens (tertiary/aromatic N) is 2. The molecule has 2 aliphatic heterocycles. The molecule has 0 aromatic heterocycles. The highest BCUT2D eigenvalue weighted by atomic mass is 16.2. The largest absolute Gasteiger partial charge is 0.329 e. The molecule has 2 atom stereocenters. The number of hydrogen-bond donors (Lipinski definition) is 0. The first kappa shape index (κ1) is 11.1. The fraction of sp³-hybridized carbons (Fsp3) is 0.846. The van der Waals surface area contributed by atoms with E-state index in [4.69, 9.17) is 0 Å². The Kier molecular flexibility index (Phi) is 2.42. The number of carbonyl (C=O) groups excluding carboxylic acids is 2. The summed E-state index contributed by atoms with van der Waals surface area (Å²) in [7, 11) is 0. The second kappa shape index (κ2) is 3.72. The maximum atomic E-state index is 12.4. The van der Waals surface area contributed by atoms with Gasteiger partial charge in [-0.15, -0.1) is 0 Å². The highest BCUT2D eigenvalue weighted by Crippen LogP contribution is 2.36. The minimum atomic E-state index is -0.241. The third-order valence-corrected chi connectivity index (χ3v) is 4.59.